The van der Waals surface area contributed by atoms with Gasteiger partial charge in [-0.15, -0.1) is 0 Å². The summed E-state index contributed by atoms with van der Waals surface area (Å²) in [6, 6.07) is 9.73. The van der Waals surface area contributed by atoms with E-state index in [9.17, 15) is 9.90 Å². The van der Waals surface area contributed by atoms with Gasteiger partial charge in [-0.25, -0.2) is 0 Å². The normalized spacial score (nSPS) is 24.1. The fourth-order valence-electron chi connectivity index (χ4n) is 2.10. The highest BCUT2D eigenvalue weighted by Crippen LogP contribution is 2.29. The van der Waals surface area contributed by atoms with E-state index in [-0.39, 0.29) is 11.7 Å². The van der Waals surface area contributed by atoms with Crippen molar-refractivity contribution in [3.05, 3.63) is 53.8 Å². The minimum absolute atomic E-state index is 0.0171. The summed E-state index contributed by atoms with van der Waals surface area (Å²) in [4.78, 5) is 11.8. The van der Waals surface area contributed by atoms with E-state index in [0.717, 1.165) is 11.1 Å². The molecule has 0 heterocycles. The summed E-state index contributed by atoms with van der Waals surface area (Å²) in [6.45, 7) is 1.98. The van der Waals surface area contributed by atoms with Crippen LogP contribution in [0.4, 0.5) is 0 Å². The average molecular weight is 244 g/mol. The third-order valence-corrected chi connectivity index (χ3v) is 3.07. The molecular formula is C15H16O3. The van der Waals surface area contributed by atoms with E-state index in [1.807, 2.05) is 37.3 Å². The molecule has 94 valence electrons. The Morgan fingerprint density at radius 2 is 1.83 bits per heavy atom. The van der Waals surface area contributed by atoms with E-state index in [2.05, 4.69) is 0 Å². The van der Waals surface area contributed by atoms with Crippen LogP contribution in [-0.2, 0) is 9.53 Å². The van der Waals surface area contributed by atoms with Gasteiger partial charge < -0.3 is 9.84 Å². The maximum absolute atomic E-state index is 11.8. The van der Waals surface area contributed by atoms with Gasteiger partial charge in [0.25, 0.3) is 0 Å². The third kappa shape index (κ3) is 2.36. The first-order valence-electron chi connectivity index (χ1n) is 5.88. The number of hydrogen-bond acceptors (Lipinski definition) is 3. The molecule has 3 nitrogen and oxygen atoms in total. The first kappa shape index (κ1) is 12.6. The first-order chi connectivity index (χ1) is 8.63. The van der Waals surface area contributed by atoms with Gasteiger partial charge in [0.05, 0.1) is 7.11 Å². The van der Waals surface area contributed by atoms with E-state index in [4.69, 9.17) is 4.74 Å². The van der Waals surface area contributed by atoms with Crippen LogP contribution in [0, 0.1) is 5.92 Å². The number of aliphatic hydroxyl groups is 1. The predicted molar refractivity (Wildman–Crippen MR) is 69.7 cm³/mol. The van der Waals surface area contributed by atoms with Crippen molar-refractivity contribution < 1.29 is 14.6 Å². The minimum atomic E-state index is -1.14. The van der Waals surface area contributed by atoms with Gasteiger partial charge in [-0.05, 0) is 23.3 Å². The lowest BCUT2D eigenvalue weighted by molar-refractivity contribution is -0.124. The van der Waals surface area contributed by atoms with Gasteiger partial charge in [-0.2, -0.15) is 0 Å². The number of Topliss-reactive ketones (excluding diaryl/α,β-unsaturated/α-hetero) is 1. The molecule has 0 amide bonds. The van der Waals surface area contributed by atoms with Crippen LogP contribution in [0.25, 0.3) is 5.57 Å². The number of allylic oxidation sites excluding steroid dienone is 2. The number of benzene rings is 1. The monoisotopic (exact) mass is 244 g/mol. The quantitative estimate of drug-likeness (QED) is 0.867. The Kier molecular flexibility index (Phi) is 3.63. The molecule has 1 aromatic rings. The molecule has 1 N–H and O–H groups in total. The van der Waals surface area contributed by atoms with Crippen molar-refractivity contribution in [3.63, 3.8) is 0 Å². The van der Waals surface area contributed by atoms with Gasteiger partial charge in [0.15, 0.2) is 5.76 Å². The number of carbonyl (C=O) groups is 1. The van der Waals surface area contributed by atoms with Gasteiger partial charge in [0, 0.05) is 5.92 Å². The van der Waals surface area contributed by atoms with Crippen LogP contribution in [0.1, 0.15) is 12.5 Å². The molecule has 3 heteroatoms. The highest BCUT2D eigenvalue weighted by Gasteiger charge is 2.25. The number of hydrogen-bond donors (Lipinski definition) is 1. The molecule has 0 bridgehead atoms. The zero-order valence-electron chi connectivity index (χ0n) is 10.5. The van der Waals surface area contributed by atoms with Crippen molar-refractivity contribution in [3.8, 4) is 0 Å². The third-order valence-electron chi connectivity index (χ3n) is 3.07. The van der Waals surface area contributed by atoms with Crippen molar-refractivity contribution in [1.82, 2.24) is 0 Å². The van der Waals surface area contributed by atoms with Gasteiger partial charge in [0.2, 0.25) is 5.78 Å². The average Bonchev–Trinajstić information content (AvgIpc) is 2.51. The SMILES string of the molecule is COC1=CC(C)C(c2ccccc2)=CC(O)C1=O. The molecule has 0 spiro atoms. The molecule has 1 aromatic carbocycles. The number of carbonyl (C=O) groups excluding carboxylic acids is 1. The van der Waals surface area contributed by atoms with Gasteiger partial charge in [-0.3, -0.25) is 4.79 Å². The van der Waals surface area contributed by atoms with Crippen LogP contribution >= 0.6 is 0 Å². The number of ketones is 1. The van der Waals surface area contributed by atoms with Crippen LogP contribution in [-0.4, -0.2) is 24.1 Å². The van der Waals surface area contributed by atoms with Gasteiger partial charge in [-0.1, -0.05) is 37.3 Å². The summed E-state index contributed by atoms with van der Waals surface area (Å²) in [5.74, 6) is -0.157. The lowest BCUT2D eigenvalue weighted by Gasteiger charge is -2.12. The van der Waals surface area contributed by atoms with Crippen molar-refractivity contribution in [2.45, 2.75) is 13.0 Å². The van der Waals surface area contributed by atoms with Crippen LogP contribution in [0.2, 0.25) is 0 Å². The summed E-state index contributed by atoms with van der Waals surface area (Å²) in [5, 5.41) is 9.86. The molecule has 1 aliphatic rings. The second-order valence-electron chi connectivity index (χ2n) is 4.32. The number of ether oxygens (including phenoxy) is 1. The van der Waals surface area contributed by atoms with E-state index >= 15 is 0 Å². The first-order valence-corrected chi connectivity index (χ1v) is 5.88. The zero-order chi connectivity index (χ0) is 13.1. The summed E-state index contributed by atoms with van der Waals surface area (Å²) < 4.78 is 5.03. The minimum Gasteiger partial charge on any atom is -0.493 e. The van der Waals surface area contributed by atoms with Crippen LogP contribution < -0.4 is 0 Å². The molecule has 0 aromatic heterocycles. The second kappa shape index (κ2) is 5.19. The highest BCUT2D eigenvalue weighted by atomic mass is 16.5. The standard InChI is InChI=1S/C15H16O3/c1-10-8-14(18-2)15(17)13(16)9-12(10)11-6-4-3-5-7-11/h3-10,13,16H,1-2H3. The molecule has 0 saturated carbocycles. The van der Waals surface area contributed by atoms with Crippen LogP contribution in [0.5, 0.6) is 0 Å². The smallest absolute Gasteiger partial charge is 0.229 e. The molecule has 0 radical (unpaired) electrons. The van der Waals surface area contributed by atoms with Crippen LogP contribution in [0.3, 0.4) is 0 Å². The molecule has 0 saturated heterocycles. The number of rotatable bonds is 2. The van der Waals surface area contributed by atoms with E-state index in [1.165, 1.54) is 7.11 Å². The Bertz CT molecular complexity index is 500. The Balaban J connectivity index is 2.45. The lowest BCUT2D eigenvalue weighted by Crippen LogP contribution is -2.19. The molecule has 2 unspecified atom stereocenters. The summed E-state index contributed by atoms with van der Waals surface area (Å²) >= 11 is 0. The Hall–Kier alpha value is -1.87. The molecule has 0 aliphatic heterocycles. The van der Waals surface area contributed by atoms with Gasteiger partial charge in [0.1, 0.15) is 6.10 Å². The highest BCUT2D eigenvalue weighted by molar-refractivity contribution is 6.00. The molecule has 0 fully saturated rings. The van der Waals surface area contributed by atoms with Crippen molar-refractivity contribution in [2.24, 2.45) is 5.92 Å². The number of methoxy groups -OCH3 is 1. The van der Waals surface area contributed by atoms with Crippen molar-refractivity contribution in [1.29, 1.82) is 0 Å². The Morgan fingerprint density at radius 1 is 1.17 bits per heavy atom. The van der Waals surface area contributed by atoms with Gasteiger partial charge >= 0.3 is 0 Å². The van der Waals surface area contributed by atoms with E-state index in [0.29, 0.717) is 0 Å². The summed E-state index contributed by atoms with van der Waals surface area (Å²) in [5.41, 5.74) is 1.94. The number of aliphatic hydroxyl groups excluding tert-OH is 1. The second-order valence-corrected chi connectivity index (χ2v) is 4.32. The summed E-state index contributed by atoms with van der Waals surface area (Å²) in [7, 11) is 1.44. The van der Waals surface area contributed by atoms with Crippen molar-refractivity contribution in [2.75, 3.05) is 7.11 Å². The van der Waals surface area contributed by atoms with E-state index < -0.39 is 11.9 Å². The predicted octanol–water partition coefficient (Wildman–Crippen LogP) is 2.18. The summed E-state index contributed by atoms with van der Waals surface area (Å²) in [6.07, 6.45) is 2.21. The largest absolute Gasteiger partial charge is 0.493 e. The topological polar surface area (TPSA) is 46.5 Å². The maximum Gasteiger partial charge on any atom is 0.229 e. The molecule has 2 rings (SSSR count). The fraction of sp³-hybridized carbons (Fsp3) is 0.267. The van der Waals surface area contributed by atoms with E-state index in [1.54, 1.807) is 12.2 Å². The van der Waals surface area contributed by atoms with Crippen molar-refractivity contribution >= 4 is 11.4 Å². The molecule has 1 aliphatic carbocycles. The fourth-order valence-corrected chi connectivity index (χ4v) is 2.10. The Labute approximate surface area is 106 Å². The maximum atomic E-state index is 11.8. The molecule has 18 heavy (non-hydrogen) atoms. The lowest BCUT2D eigenvalue weighted by atomic mass is 9.93. The molecule has 2 atom stereocenters. The Morgan fingerprint density at radius 3 is 2.44 bits per heavy atom. The zero-order valence-corrected chi connectivity index (χ0v) is 10.5. The van der Waals surface area contributed by atoms with Crippen LogP contribution in [0.15, 0.2) is 48.2 Å². The molecular weight excluding hydrogens is 228 g/mol.